The molecule has 1 atom stereocenters. The molecule has 1 aromatic heterocycles. The first-order chi connectivity index (χ1) is 8.24. The van der Waals surface area contributed by atoms with Crippen LogP contribution in [0.15, 0.2) is 18.6 Å². The summed E-state index contributed by atoms with van der Waals surface area (Å²) < 4.78 is 5.28. The first-order valence-electron chi connectivity index (χ1n) is 6.21. The van der Waals surface area contributed by atoms with Crippen LogP contribution in [-0.2, 0) is 4.74 Å². The number of unbranched alkanes of at least 4 members (excludes halogenated alkanes) is 3. The molecule has 0 aromatic carbocycles. The average molecular weight is 236 g/mol. The molecular formula is C13H20N2O2. The summed E-state index contributed by atoms with van der Waals surface area (Å²) >= 11 is 0. The van der Waals surface area contributed by atoms with Gasteiger partial charge in [-0.15, -0.1) is 0 Å². The number of ether oxygens (including phenoxy) is 1. The molecule has 17 heavy (non-hydrogen) atoms. The normalized spacial score (nSPS) is 12.1. The fourth-order valence-corrected chi connectivity index (χ4v) is 1.57. The van der Waals surface area contributed by atoms with Gasteiger partial charge >= 0.3 is 5.97 Å². The third-order valence-corrected chi connectivity index (χ3v) is 2.54. The van der Waals surface area contributed by atoms with Crippen molar-refractivity contribution in [1.82, 2.24) is 9.97 Å². The molecule has 4 nitrogen and oxygen atoms in total. The van der Waals surface area contributed by atoms with Gasteiger partial charge in [0.25, 0.3) is 0 Å². The van der Waals surface area contributed by atoms with E-state index in [2.05, 4.69) is 16.9 Å². The van der Waals surface area contributed by atoms with E-state index < -0.39 is 0 Å². The highest BCUT2D eigenvalue weighted by atomic mass is 16.5. The number of hydrogen-bond acceptors (Lipinski definition) is 4. The highest BCUT2D eigenvalue weighted by molar-refractivity contribution is 5.86. The standard InChI is InChI=1S/C13H20N2O2/c1-3-4-5-6-7-11(2)17-13(16)12-10-14-8-9-15-12/h8-11H,3-7H2,1-2H3. The summed E-state index contributed by atoms with van der Waals surface area (Å²) in [6.07, 6.45) is 10.1. The third-order valence-electron chi connectivity index (χ3n) is 2.54. The quantitative estimate of drug-likeness (QED) is 0.539. The first kappa shape index (κ1) is 13.6. The fraction of sp³-hybridized carbons (Fsp3) is 0.615. The van der Waals surface area contributed by atoms with Crippen LogP contribution >= 0.6 is 0 Å². The second-order valence-electron chi connectivity index (χ2n) is 4.16. The number of nitrogens with zero attached hydrogens (tertiary/aromatic N) is 2. The Balaban J connectivity index is 2.26. The molecule has 0 aliphatic carbocycles. The molecule has 0 radical (unpaired) electrons. The zero-order valence-corrected chi connectivity index (χ0v) is 10.6. The van der Waals surface area contributed by atoms with Crippen LogP contribution in [0.2, 0.25) is 0 Å². The topological polar surface area (TPSA) is 52.1 Å². The lowest BCUT2D eigenvalue weighted by Crippen LogP contribution is -2.16. The molecule has 94 valence electrons. The van der Waals surface area contributed by atoms with Gasteiger partial charge < -0.3 is 4.74 Å². The first-order valence-corrected chi connectivity index (χ1v) is 6.21. The summed E-state index contributed by atoms with van der Waals surface area (Å²) in [4.78, 5) is 19.4. The van der Waals surface area contributed by atoms with Crippen LogP contribution < -0.4 is 0 Å². The highest BCUT2D eigenvalue weighted by Gasteiger charge is 2.12. The summed E-state index contributed by atoms with van der Waals surface area (Å²) in [5, 5.41) is 0. The van der Waals surface area contributed by atoms with Gasteiger partial charge in [0.15, 0.2) is 5.69 Å². The Morgan fingerprint density at radius 1 is 1.35 bits per heavy atom. The zero-order chi connectivity index (χ0) is 12.5. The van der Waals surface area contributed by atoms with E-state index in [0.717, 1.165) is 12.8 Å². The maximum atomic E-state index is 11.6. The number of aromatic nitrogens is 2. The van der Waals surface area contributed by atoms with E-state index in [0.29, 0.717) is 0 Å². The highest BCUT2D eigenvalue weighted by Crippen LogP contribution is 2.09. The van der Waals surface area contributed by atoms with E-state index in [4.69, 9.17) is 4.74 Å². The van der Waals surface area contributed by atoms with Gasteiger partial charge in [-0.2, -0.15) is 0 Å². The monoisotopic (exact) mass is 236 g/mol. The lowest BCUT2D eigenvalue weighted by atomic mass is 10.1. The fourth-order valence-electron chi connectivity index (χ4n) is 1.57. The molecule has 1 unspecified atom stereocenters. The Labute approximate surface area is 102 Å². The molecule has 0 aliphatic rings. The van der Waals surface area contributed by atoms with Crippen molar-refractivity contribution in [1.29, 1.82) is 0 Å². The van der Waals surface area contributed by atoms with Gasteiger partial charge in [0.05, 0.1) is 12.3 Å². The molecule has 0 amide bonds. The number of esters is 1. The molecular weight excluding hydrogens is 216 g/mol. The van der Waals surface area contributed by atoms with Crippen molar-refractivity contribution in [3.8, 4) is 0 Å². The molecule has 0 saturated carbocycles. The molecule has 4 heteroatoms. The SMILES string of the molecule is CCCCCCC(C)OC(=O)c1cnccn1. The molecule has 1 heterocycles. The smallest absolute Gasteiger partial charge is 0.358 e. The predicted octanol–water partition coefficient (Wildman–Crippen LogP) is 2.99. The molecule has 1 rings (SSSR count). The lowest BCUT2D eigenvalue weighted by molar-refractivity contribution is 0.0312. The third kappa shape index (κ3) is 5.43. The molecule has 0 bridgehead atoms. The summed E-state index contributed by atoms with van der Waals surface area (Å²) in [6.45, 7) is 4.09. The summed E-state index contributed by atoms with van der Waals surface area (Å²) in [5.74, 6) is -0.388. The van der Waals surface area contributed by atoms with Crippen LogP contribution in [0, 0.1) is 0 Å². The number of hydrogen-bond donors (Lipinski definition) is 0. The maximum absolute atomic E-state index is 11.6. The number of carbonyl (C=O) groups excluding carboxylic acids is 1. The molecule has 0 aliphatic heterocycles. The Bertz CT molecular complexity index is 327. The van der Waals surface area contributed by atoms with Crippen LogP contribution in [0.5, 0.6) is 0 Å². The van der Waals surface area contributed by atoms with E-state index in [1.165, 1.54) is 37.9 Å². The molecule has 0 fully saturated rings. The van der Waals surface area contributed by atoms with Crippen LogP contribution in [0.4, 0.5) is 0 Å². The maximum Gasteiger partial charge on any atom is 0.358 e. The van der Waals surface area contributed by atoms with E-state index in [1.807, 2.05) is 6.92 Å². The molecule has 0 N–H and O–H groups in total. The minimum Gasteiger partial charge on any atom is -0.458 e. The van der Waals surface area contributed by atoms with E-state index in [1.54, 1.807) is 0 Å². The van der Waals surface area contributed by atoms with Crippen molar-refractivity contribution in [3.05, 3.63) is 24.3 Å². The van der Waals surface area contributed by atoms with E-state index in [9.17, 15) is 4.79 Å². The molecule has 0 spiro atoms. The predicted molar refractivity (Wildman–Crippen MR) is 65.7 cm³/mol. The van der Waals surface area contributed by atoms with Crippen molar-refractivity contribution >= 4 is 5.97 Å². The van der Waals surface area contributed by atoms with Crippen LogP contribution in [0.3, 0.4) is 0 Å². The molecule has 0 saturated heterocycles. The second-order valence-corrected chi connectivity index (χ2v) is 4.16. The van der Waals surface area contributed by atoms with Gasteiger partial charge in [0.2, 0.25) is 0 Å². The summed E-state index contributed by atoms with van der Waals surface area (Å²) in [6, 6.07) is 0. The van der Waals surface area contributed by atoms with Crippen molar-refractivity contribution < 1.29 is 9.53 Å². The van der Waals surface area contributed by atoms with E-state index in [-0.39, 0.29) is 17.8 Å². The van der Waals surface area contributed by atoms with Gasteiger partial charge in [-0.05, 0) is 19.8 Å². The van der Waals surface area contributed by atoms with Crippen LogP contribution in [0.25, 0.3) is 0 Å². The van der Waals surface area contributed by atoms with Gasteiger partial charge in [0.1, 0.15) is 0 Å². The van der Waals surface area contributed by atoms with Crippen molar-refractivity contribution in [2.24, 2.45) is 0 Å². The van der Waals surface area contributed by atoms with Crippen molar-refractivity contribution in [2.45, 2.75) is 52.1 Å². The van der Waals surface area contributed by atoms with Crippen LogP contribution in [0.1, 0.15) is 56.4 Å². The minimum absolute atomic E-state index is 0.0543. The van der Waals surface area contributed by atoms with Gasteiger partial charge in [-0.3, -0.25) is 4.98 Å². The Morgan fingerprint density at radius 3 is 2.82 bits per heavy atom. The van der Waals surface area contributed by atoms with Gasteiger partial charge in [-0.1, -0.05) is 26.2 Å². The molecule has 1 aromatic rings. The summed E-state index contributed by atoms with van der Waals surface area (Å²) in [7, 11) is 0. The largest absolute Gasteiger partial charge is 0.458 e. The Kier molecular flexibility index (Phi) is 6.22. The summed E-state index contributed by atoms with van der Waals surface area (Å²) in [5.41, 5.74) is 0.271. The number of rotatable bonds is 7. The van der Waals surface area contributed by atoms with Crippen molar-refractivity contribution in [3.63, 3.8) is 0 Å². The van der Waals surface area contributed by atoms with Crippen molar-refractivity contribution in [2.75, 3.05) is 0 Å². The lowest BCUT2D eigenvalue weighted by Gasteiger charge is -2.12. The average Bonchev–Trinajstić information content (AvgIpc) is 2.36. The van der Waals surface area contributed by atoms with Gasteiger partial charge in [0, 0.05) is 12.4 Å². The Morgan fingerprint density at radius 2 is 2.18 bits per heavy atom. The number of carbonyl (C=O) groups is 1. The minimum atomic E-state index is -0.388. The Hall–Kier alpha value is -1.45. The van der Waals surface area contributed by atoms with E-state index >= 15 is 0 Å². The second kappa shape index (κ2) is 7.76. The van der Waals surface area contributed by atoms with Gasteiger partial charge in [-0.25, -0.2) is 9.78 Å². The zero-order valence-electron chi connectivity index (χ0n) is 10.6. The van der Waals surface area contributed by atoms with Crippen LogP contribution in [-0.4, -0.2) is 22.0 Å².